The van der Waals surface area contributed by atoms with Crippen LogP contribution in [-0.4, -0.2) is 26.0 Å². The number of amides is 1. The first-order valence-electron chi connectivity index (χ1n) is 2.98. The third-order valence-electron chi connectivity index (χ3n) is 0.983. The zero-order valence-corrected chi connectivity index (χ0v) is 5.85. The second-order valence-electron chi connectivity index (χ2n) is 1.71. The molecular formula is C6H10NO3. The molecule has 0 heterocycles. The minimum Gasteiger partial charge on any atom is -0.469 e. The van der Waals surface area contributed by atoms with Gasteiger partial charge in [0.25, 0.3) is 0 Å². The topological polar surface area (TPSA) is 55.4 Å². The first-order valence-corrected chi connectivity index (χ1v) is 2.98. The van der Waals surface area contributed by atoms with E-state index in [9.17, 15) is 9.59 Å². The van der Waals surface area contributed by atoms with Crippen LogP contribution in [0, 0.1) is 0 Å². The van der Waals surface area contributed by atoms with Gasteiger partial charge in [-0.15, -0.1) is 0 Å². The average Bonchev–Trinajstić information content (AvgIpc) is 1.98. The minimum atomic E-state index is -0.257. The Balaban J connectivity index is 3.03. The summed E-state index contributed by atoms with van der Waals surface area (Å²) in [5, 5.41) is 2.31. The highest BCUT2D eigenvalue weighted by Gasteiger charge is 1.97. The van der Waals surface area contributed by atoms with Crippen molar-refractivity contribution in [2.75, 3.05) is 13.7 Å². The molecule has 1 N–H and O–H groups in total. The van der Waals surface area contributed by atoms with Crippen LogP contribution in [0.3, 0.4) is 0 Å². The van der Waals surface area contributed by atoms with Crippen LogP contribution in [0.25, 0.3) is 0 Å². The molecular weight excluding hydrogens is 134 g/mol. The summed E-state index contributed by atoms with van der Waals surface area (Å²) in [6.45, 7) is 0.471. The smallest absolute Gasteiger partial charge is 0.309 e. The van der Waals surface area contributed by atoms with E-state index in [2.05, 4.69) is 10.1 Å². The fourth-order valence-corrected chi connectivity index (χ4v) is 0.474. The van der Waals surface area contributed by atoms with Gasteiger partial charge < -0.3 is 10.1 Å². The molecule has 1 radical (unpaired) electrons. The standard InChI is InChI=1S/C6H10NO3/c1-10-6(9)3-2-4-7-5-8/h2-4H2,1H3,(H,7,8). The van der Waals surface area contributed by atoms with Crippen molar-refractivity contribution in [2.45, 2.75) is 12.8 Å². The van der Waals surface area contributed by atoms with Gasteiger partial charge in [-0.25, -0.2) is 0 Å². The molecule has 0 atom stereocenters. The van der Waals surface area contributed by atoms with E-state index < -0.39 is 0 Å². The molecule has 4 heteroatoms. The maximum absolute atomic E-state index is 10.4. The molecule has 0 unspecified atom stereocenters. The molecule has 4 nitrogen and oxygen atoms in total. The van der Waals surface area contributed by atoms with Crippen molar-refractivity contribution in [2.24, 2.45) is 0 Å². The number of hydrogen-bond acceptors (Lipinski definition) is 3. The highest BCUT2D eigenvalue weighted by Crippen LogP contribution is 1.88. The normalized spacial score (nSPS) is 8.50. The summed E-state index contributed by atoms with van der Waals surface area (Å²) >= 11 is 0. The van der Waals surface area contributed by atoms with Crippen molar-refractivity contribution in [1.29, 1.82) is 0 Å². The lowest BCUT2D eigenvalue weighted by Crippen LogP contribution is -2.13. The minimum absolute atomic E-state index is 0.257. The van der Waals surface area contributed by atoms with Crippen LogP contribution >= 0.6 is 0 Å². The van der Waals surface area contributed by atoms with E-state index in [0.29, 0.717) is 19.4 Å². The van der Waals surface area contributed by atoms with Crippen LogP contribution in [0.4, 0.5) is 0 Å². The fourth-order valence-electron chi connectivity index (χ4n) is 0.474. The number of carbonyl (C=O) groups excluding carboxylic acids is 2. The highest BCUT2D eigenvalue weighted by molar-refractivity contribution is 5.69. The van der Waals surface area contributed by atoms with E-state index in [-0.39, 0.29) is 5.97 Å². The molecule has 57 valence electrons. The van der Waals surface area contributed by atoms with E-state index in [1.165, 1.54) is 13.5 Å². The van der Waals surface area contributed by atoms with E-state index in [0.717, 1.165) is 0 Å². The SMILES string of the molecule is COC(=O)CCCN[C]=O. The molecule has 0 rings (SSSR count). The molecule has 0 aliphatic rings. The zero-order chi connectivity index (χ0) is 7.82. The van der Waals surface area contributed by atoms with Crippen molar-refractivity contribution >= 4 is 12.4 Å². The molecule has 0 saturated heterocycles. The summed E-state index contributed by atoms with van der Waals surface area (Å²) in [6, 6.07) is 0. The van der Waals surface area contributed by atoms with Gasteiger partial charge in [0.15, 0.2) is 0 Å². The Morgan fingerprint density at radius 2 is 2.40 bits per heavy atom. The van der Waals surface area contributed by atoms with Gasteiger partial charge in [0.2, 0.25) is 0 Å². The van der Waals surface area contributed by atoms with Gasteiger partial charge in [0.05, 0.1) is 7.11 Å². The van der Waals surface area contributed by atoms with Gasteiger partial charge in [-0.2, -0.15) is 0 Å². The van der Waals surface area contributed by atoms with E-state index in [1.807, 2.05) is 0 Å². The summed E-state index contributed by atoms with van der Waals surface area (Å²) in [5.74, 6) is -0.257. The summed E-state index contributed by atoms with van der Waals surface area (Å²) in [4.78, 5) is 20.0. The second kappa shape index (κ2) is 6.07. The summed E-state index contributed by atoms with van der Waals surface area (Å²) in [5.41, 5.74) is 0. The molecule has 0 aromatic carbocycles. The summed E-state index contributed by atoms with van der Waals surface area (Å²) in [6.07, 6.45) is 2.44. The van der Waals surface area contributed by atoms with Crippen LogP contribution in [0.1, 0.15) is 12.8 Å². The Morgan fingerprint density at radius 3 is 2.90 bits per heavy atom. The number of methoxy groups -OCH3 is 1. The van der Waals surface area contributed by atoms with E-state index in [1.54, 1.807) is 0 Å². The van der Waals surface area contributed by atoms with Gasteiger partial charge in [-0.1, -0.05) is 0 Å². The molecule has 0 aromatic heterocycles. The molecule has 0 aliphatic carbocycles. The first kappa shape index (κ1) is 8.94. The Labute approximate surface area is 59.6 Å². The lowest BCUT2D eigenvalue weighted by atomic mass is 10.3. The monoisotopic (exact) mass is 144 g/mol. The largest absolute Gasteiger partial charge is 0.469 e. The number of nitrogens with one attached hydrogen (secondary N) is 1. The summed E-state index contributed by atoms with van der Waals surface area (Å²) in [7, 11) is 1.33. The van der Waals surface area contributed by atoms with Gasteiger partial charge in [0, 0.05) is 13.0 Å². The quantitative estimate of drug-likeness (QED) is 0.324. The van der Waals surface area contributed by atoms with Crippen LogP contribution in [0.15, 0.2) is 0 Å². The Bertz CT molecular complexity index is 114. The average molecular weight is 144 g/mol. The highest BCUT2D eigenvalue weighted by atomic mass is 16.5. The molecule has 0 bridgehead atoms. The Morgan fingerprint density at radius 1 is 1.70 bits per heavy atom. The van der Waals surface area contributed by atoms with Crippen LogP contribution in [-0.2, 0) is 14.3 Å². The maximum Gasteiger partial charge on any atom is 0.309 e. The van der Waals surface area contributed by atoms with Gasteiger partial charge >= 0.3 is 12.4 Å². The fraction of sp³-hybridized carbons (Fsp3) is 0.667. The molecule has 0 aliphatic heterocycles. The van der Waals surface area contributed by atoms with Crippen LogP contribution < -0.4 is 5.32 Å². The predicted octanol–water partition coefficient (Wildman–Crippen LogP) is -0.404. The van der Waals surface area contributed by atoms with E-state index in [4.69, 9.17) is 0 Å². The molecule has 10 heavy (non-hydrogen) atoms. The van der Waals surface area contributed by atoms with Gasteiger partial charge in [0.1, 0.15) is 0 Å². The van der Waals surface area contributed by atoms with E-state index >= 15 is 0 Å². The van der Waals surface area contributed by atoms with Gasteiger partial charge in [-0.05, 0) is 6.42 Å². The van der Waals surface area contributed by atoms with Crippen LogP contribution in [0.2, 0.25) is 0 Å². The molecule has 0 fully saturated rings. The molecule has 0 aromatic rings. The van der Waals surface area contributed by atoms with Crippen molar-refractivity contribution in [3.8, 4) is 0 Å². The predicted molar refractivity (Wildman–Crippen MR) is 34.9 cm³/mol. The number of carbonyl (C=O) groups is 1. The molecule has 0 spiro atoms. The number of esters is 1. The summed E-state index contributed by atoms with van der Waals surface area (Å²) < 4.78 is 4.37. The number of ether oxygens (including phenoxy) is 1. The lowest BCUT2D eigenvalue weighted by Gasteiger charge is -1.96. The molecule has 1 amide bonds. The molecule has 0 saturated carbocycles. The lowest BCUT2D eigenvalue weighted by molar-refractivity contribution is -0.140. The third-order valence-corrected chi connectivity index (χ3v) is 0.983. The first-order chi connectivity index (χ1) is 4.81. The Kier molecular flexibility index (Phi) is 5.42. The van der Waals surface area contributed by atoms with Gasteiger partial charge in [-0.3, -0.25) is 9.59 Å². The zero-order valence-electron chi connectivity index (χ0n) is 5.85. The van der Waals surface area contributed by atoms with Crippen LogP contribution in [0.5, 0.6) is 0 Å². The third kappa shape index (κ3) is 5.08. The number of hydrogen-bond donors (Lipinski definition) is 1. The van der Waals surface area contributed by atoms with Crippen molar-refractivity contribution in [3.05, 3.63) is 0 Å². The maximum atomic E-state index is 10.4. The Hall–Kier alpha value is -1.06. The second-order valence-corrected chi connectivity index (χ2v) is 1.71. The van der Waals surface area contributed by atoms with Crippen molar-refractivity contribution in [1.82, 2.24) is 5.32 Å². The van der Waals surface area contributed by atoms with Crippen molar-refractivity contribution in [3.63, 3.8) is 0 Å². The number of rotatable bonds is 5. The van der Waals surface area contributed by atoms with Crippen molar-refractivity contribution < 1.29 is 14.3 Å².